The lowest BCUT2D eigenvalue weighted by Crippen LogP contribution is -2.42. The molecule has 0 aliphatic carbocycles. The van der Waals surface area contributed by atoms with E-state index in [1.807, 2.05) is 6.92 Å². The number of benzene rings is 1. The molecule has 23 heavy (non-hydrogen) atoms. The van der Waals surface area contributed by atoms with Crippen molar-refractivity contribution in [2.24, 2.45) is 11.7 Å². The van der Waals surface area contributed by atoms with Crippen LogP contribution in [0.5, 0.6) is 0 Å². The van der Waals surface area contributed by atoms with Crippen molar-refractivity contribution in [3.63, 3.8) is 0 Å². The van der Waals surface area contributed by atoms with Crippen LogP contribution in [0.3, 0.4) is 0 Å². The van der Waals surface area contributed by atoms with E-state index in [0.717, 1.165) is 22.2 Å². The molecule has 0 atom stereocenters. The van der Waals surface area contributed by atoms with E-state index in [4.69, 9.17) is 5.73 Å². The lowest BCUT2D eigenvalue weighted by atomic mass is 9.95. The standard InChI is InChI=1S/C17H20FN3O2/c1-10-13(14-8-12(18)2-3-15(14)20-10)9-16(22)21-6-4-11(5-7-21)17(19)23/h2-3,8,11,20H,4-7,9H2,1H3,(H2,19,23). The van der Waals surface area contributed by atoms with Gasteiger partial charge < -0.3 is 15.6 Å². The fourth-order valence-corrected chi connectivity index (χ4v) is 3.26. The molecular weight excluding hydrogens is 297 g/mol. The average Bonchev–Trinajstić information content (AvgIpc) is 2.83. The normalized spacial score (nSPS) is 16.0. The molecule has 1 aromatic carbocycles. The van der Waals surface area contributed by atoms with Crippen LogP contribution in [0.25, 0.3) is 10.9 Å². The zero-order chi connectivity index (χ0) is 16.6. The predicted octanol–water partition coefficient (Wildman–Crippen LogP) is 1.88. The quantitative estimate of drug-likeness (QED) is 0.906. The van der Waals surface area contributed by atoms with Crippen LogP contribution in [-0.4, -0.2) is 34.8 Å². The summed E-state index contributed by atoms with van der Waals surface area (Å²) in [5.41, 5.74) is 7.86. The summed E-state index contributed by atoms with van der Waals surface area (Å²) in [6.07, 6.45) is 1.46. The van der Waals surface area contributed by atoms with E-state index in [9.17, 15) is 14.0 Å². The minimum atomic E-state index is -0.313. The Hall–Kier alpha value is -2.37. The van der Waals surface area contributed by atoms with Crippen molar-refractivity contribution < 1.29 is 14.0 Å². The van der Waals surface area contributed by atoms with Gasteiger partial charge in [-0.05, 0) is 43.5 Å². The number of hydrogen-bond acceptors (Lipinski definition) is 2. The van der Waals surface area contributed by atoms with Gasteiger partial charge in [0.15, 0.2) is 0 Å². The molecule has 122 valence electrons. The monoisotopic (exact) mass is 317 g/mol. The Morgan fingerprint density at radius 2 is 2.04 bits per heavy atom. The number of primary amides is 1. The van der Waals surface area contributed by atoms with Crippen molar-refractivity contribution in [2.45, 2.75) is 26.2 Å². The maximum absolute atomic E-state index is 13.5. The van der Waals surface area contributed by atoms with Gasteiger partial charge in [0, 0.05) is 35.6 Å². The smallest absolute Gasteiger partial charge is 0.227 e. The van der Waals surface area contributed by atoms with Gasteiger partial charge in [-0.3, -0.25) is 9.59 Å². The first-order valence-corrected chi connectivity index (χ1v) is 7.79. The van der Waals surface area contributed by atoms with E-state index in [1.54, 1.807) is 11.0 Å². The maximum atomic E-state index is 13.5. The molecule has 1 saturated heterocycles. The molecule has 6 heteroatoms. The zero-order valence-electron chi connectivity index (χ0n) is 13.1. The molecule has 3 rings (SSSR count). The Morgan fingerprint density at radius 3 is 2.70 bits per heavy atom. The third-order valence-electron chi connectivity index (χ3n) is 4.66. The minimum Gasteiger partial charge on any atom is -0.369 e. The molecule has 0 radical (unpaired) electrons. The van der Waals surface area contributed by atoms with Gasteiger partial charge in [0.2, 0.25) is 11.8 Å². The summed E-state index contributed by atoms with van der Waals surface area (Å²) in [6.45, 7) is 2.98. The average molecular weight is 317 g/mol. The molecule has 5 nitrogen and oxygen atoms in total. The van der Waals surface area contributed by atoms with Crippen molar-refractivity contribution >= 4 is 22.7 Å². The summed E-state index contributed by atoms with van der Waals surface area (Å²) in [6, 6.07) is 4.54. The summed E-state index contributed by atoms with van der Waals surface area (Å²) in [4.78, 5) is 28.7. The third-order valence-corrected chi connectivity index (χ3v) is 4.66. The van der Waals surface area contributed by atoms with E-state index in [-0.39, 0.29) is 30.0 Å². The van der Waals surface area contributed by atoms with Crippen LogP contribution in [0.4, 0.5) is 4.39 Å². The van der Waals surface area contributed by atoms with E-state index in [1.165, 1.54) is 12.1 Å². The molecule has 0 spiro atoms. The summed E-state index contributed by atoms with van der Waals surface area (Å²) >= 11 is 0. The number of nitrogens with two attached hydrogens (primary N) is 1. The van der Waals surface area contributed by atoms with Crippen LogP contribution in [0.1, 0.15) is 24.1 Å². The van der Waals surface area contributed by atoms with Gasteiger partial charge in [0.25, 0.3) is 0 Å². The Morgan fingerprint density at radius 1 is 1.35 bits per heavy atom. The molecule has 2 heterocycles. The number of carbonyl (C=O) groups is 2. The number of nitrogens with zero attached hydrogens (tertiary/aromatic N) is 1. The fourth-order valence-electron chi connectivity index (χ4n) is 3.26. The van der Waals surface area contributed by atoms with E-state index in [0.29, 0.717) is 25.9 Å². The van der Waals surface area contributed by atoms with Crippen LogP contribution < -0.4 is 5.73 Å². The van der Waals surface area contributed by atoms with E-state index < -0.39 is 0 Å². The fraction of sp³-hybridized carbons (Fsp3) is 0.412. The first kappa shape index (κ1) is 15.5. The van der Waals surface area contributed by atoms with Gasteiger partial charge in [-0.2, -0.15) is 0 Å². The summed E-state index contributed by atoms with van der Waals surface area (Å²) in [7, 11) is 0. The second-order valence-electron chi connectivity index (χ2n) is 6.15. The highest BCUT2D eigenvalue weighted by atomic mass is 19.1. The van der Waals surface area contributed by atoms with Gasteiger partial charge in [0.05, 0.1) is 6.42 Å². The number of aromatic amines is 1. The van der Waals surface area contributed by atoms with Gasteiger partial charge in [0.1, 0.15) is 5.82 Å². The van der Waals surface area contributed by atoms with Crippen LogP contribution in [-0.2, 0) is 16.0 Å². The third kappa shape index (κ3) is 3.06. The van der Waals surface area contributed by atoms with Gasteiger partial charge in [-0.25, -0.2) is 4.39 Å². The highest BCUT2D eigenvalue weighted by Crippen LogP contribution is 2.25. The summed E-state index contributed by atoms with van der Waals surface area (Å²) in [5.74, 6) is -0.739. The largest absolute Gasteiger partial charge is 0.369 e. The van der Waals surface area contributed by atoms with E-state index >= 15 is 0 Å². The van der Waals surface area contributed by atoms with Gasteiger partial charge in [-0.15, -0.1) is 0 Å². The van der Waals surface area contributed by atoms with Crippen LogP contribution in [0, 0.1) is 18.7 Å². The van der Waals surface area contributed by atoms with Crippen molar-refractivity contribution in [1.29, 1.82) is 0 Å². The molecule has 1 aliphatic heterocycles. The van der Waals surface area contributed by atoms with Crippen molar-refractivity contribution in [3.8, 4) is 0 Å². The topological polar surface area (TPSA) is 79.2 Å². The lowest BCUT2D eigenvalue weighted by molar-refractivity contribution is -0.134. The summed E-state index contributed by atoms with van der Waals surface area (Å²) < 4.78 is 13.5. The van der Waals surface area contributed by atoms with Crippen molar-refractivity contribution in [1.82, 2.24) is 9.88 Å². The number of aryl methyl sites for hydroxylation is 1. The highest BCUT2D eigenvalue weighted by Gasteiger charge is 2.26. The predicted molar refractivity (Wildman–Crippen MR) is 85.2 cm³/mol. The van der Waals surface area contributed by atoms with Crippen LogP contribution >= 0.6 is 0 Å². The zero-order valence-corrected chi connectivity index (χ0v) is 13.1. The molecule has 2 aromatic rings. The van der Waals surface area contributed by atoms with Crippen molar-refractivity contribution in [3.05, 3.63) is 35.3 Å². The first-order chi connectivity index (χ1) is 11.0. The molecule has 3 N–H and O–H groups in total. The van der Waals surface area contributed by atoms with Crippen molar-refractivity contribution in [2.75, 3.05) is 13.1 Å². The maximum Gasteiger partial charge on any atom is 0.227 e. The lowest BCUT2D eigenvalue weighted by Gasteiger charge is -2.30. The molecule has 1 fully saturated rings. The number of aromatic nitrogens is 1. The number of H-pyrrole nitrogens is 1. The highest BCUT2D eigenvalue weighted by molar-refractivity contribution is 5.90. The van der Waals surface area contributed by atoms with E-state index in [2.05, 4.69) is 4.98 Å². The van der Waals surface area contributed by atoms with Gasteiger partial charge >= 0.3 is 0 Å². The molecule has 1 aliphatic rings. The Labute approximate surface area is 133 Å². The minimum absolute atomic E-state index is 0.00109. The molecule has 2 amide bonds. The Bertz CT molecular complexity index is 761. The molecule has 0 unspecified atom stereocenters. The SMILES string of the molecule is Cc1[nH]c2ccc(F)cc2c1CC(=O)N1CCC(C(N)=O)CC1. The first-order valence-electron chi connectivity index (χ1n) is 7.79. The molecular formula is C17H20FN3O2. The second kappa shape index (κ2) is 6.02. The molecule has 0 saturated carbocycles. The Kier molecular flexibility index (Phi) is 4.07. The number of rotatable bonds is 3. The second-order valence-corrected chi connectivity index (χ2v) is 6.15. The van der Waals surface area contributed by atoms with Gasteiger partial charge in [-0.1, -0.05) is 0 Å². The number of likely N-dealkylation sites (tertiary alicyclic amines) is 1. The van der Waals surface area contributed by atoms with Crippen LogP contribution in [0.2, 0.25) is 0 Å². The number of fused-ring (bicyclic) bond motifs is 1. The van der Waals surface area contributed by atoms with Crippen LogP contribution in [0.15, 0.2) is 18.2 Å². The number of amides is 2. The number of hydrogen-bond donors (Lipinski definition) is 2. The number of nitrogens with one attached hydrogen (secondary N) is 1. The summed E-state index contributed by atoms with van der Waals surface area (Å²) in [5, 5.41) is 0.753. The molecule has 1 aromatic heterocycles. The number of piperidine rings is 1. The number of halogens is 1. The molecule has 0 bridgehead atoms. The Balaban J connectivity index is 1.75. The number of carbonyl (C=O) groups excluding carboxylic acids is 2.